The first kappa shape index (κ1) is 14.9. The lowest BCUT2D eigenvalue weighted by Crippen LogP contribution is -2.36. The van der Waals surface area contributed by atoms with Crippen LogP contribution in [0.5, 0.6) is 5.75 Å². The average Bonchev–Trinajstić information content (AvgIpc) is 2.26. The topological polar surface area (TPSA) is 30.5 Å². The molecule has 1 aromatic rings. The molecule has 0 aliphatic carbocycles. The minimum atomic E-state index is 0.273. The van der Waals surface area contributed by atoms with Gasteiger partial charge >= 0.3 is 0 Å². The highest BCUT2D eigenvalue weighted by Crippen LogP contribution is 2.37. The van der Waals surface area contributed by atoms with Crippen LogP contribution >= 0.6 is 27.5 Å². The molecule has 0 spiro atoms. The van der Waals surface area contributed by atoms with E-state index in [1.54, 1.807) is 7.11 Å². The molecule has 0 radical (unpaired) electrons. The van der Waals surface area contributed by atoms with Crippen molar-refractivity contribution in [3.63, 3.8) is 0 Å². The zero-order valence-electron chi connectivity index (χ0n) is 11.4. The molecule has 0 amide bonds. The van der Waals surface area contributed by atoms with Gasteiger partial charge < -0.3 is 14.8 Å². The Hall–Kier alpha value is -0.450. The highest BCUT2D eigenvalue weighted by atomic mass is 79.9. The predicted octanol–water partition coefficient (Wildman–Crippen LogP) is 4.48. The first-order valence-electron chi connectivity index (χ1n) is 6.44. The third kappa shape index (κ3) is 3.77. The molecular weight excluding hydrogens is 330 g/mol. The lowest BCUT2D eigenvalue weighted by molar-refractivity contribution is -0.0338. The molecule has 0 aromatic heterocycles. The molecule has 1 aliphatic heterocycles. The summed E-state index contributed by atoms with van der Waals surface area (Å²) in [4.78, 5) is 0. The molecular formula is C14H19BrClNO2. The maximum absolute atomic E-state index is 6.10. The van der Waals surface area contributed by atoms with E-state index in [4.69, 9.17) is 21.1 Å². The Morgan fingerprint density at radius 1 is 1.32 bits per heavy atom. The molecule has 5 heteroatoms. The Morgan fingerprint density at radius 3 is 2.53 bits per heavy atom. The summed E-state index contributed by atoms with van der Waals surface area (Å²) in [6.45, 7) is 4.21. The molecule has 1 N–H and O–H groups in total. The molecule has 1 saturated heterocycles. The molecule has 1 aromatic carbocycles. The third-order valence-corrected chi connectivity index (χ3v) is 4.08. The van der Waals surface area contributed by atoms with Crippen LogP contribution in [-0.2, 0) is 4.74 Å². The van der Waals surface area contributed by atoms with Crippen molar-refractivity contribution in [1.29, 1.82) is 0 Å². The first-order chi connectivity index (χ1) is 8.99. The number of hydrogen-bond acceptors (Lipinski definition) is 3. The highest BCUT2D eigenvalue weighted by molar-refractivity contribution is 9.10. The van der Waals surface area contributed by atoms with Crippen molar-refractivity contribution in [2.24, 2.45) is 0 Å². The summed E-state index contributed by atoms with van der Waals surface area (Å²) in [5.41, 5.74) is 0.924. The number of ether oxygens (including phenoxy) is 2. The van der Waals surface area contributed by atoms with E-state index < -0.39 is 0 Å². The van der Waals surface area contributed by atoms with E-state index in [0.717, 1.165) is 28.8 Å². The van der Waals surface area contributed by atoms with Gasteiger partial charge in [-0.2, -0.15) is 0 Å². The van der Waals surface area contributed by atoms with Crippen molar-refractivity contribution >= 4 is 33.2 Å². The second-order valence-corrected chi connectivity index (χ2v) is 6.33. The Labute approximate surface area is 127 Å². The van der Waals surface area contributed by atoms with Crippen molar-refractivity contribution in [1.82, 2.24) is 0 Å². The Kier molecular flexibility index (Phi) is 4.98. The van der Waals surface area contributed by atoms with Crippen molar-refractivity contribution in [2.45, 2.75) is 44.9 Å². The number of hydrogen-bond donors (Lipinski definition) is 1. The Bertz CT molecular complexity index is 445. The standard InChI is InChI=1S/C14H19BrClNO2/c1-8-4-11(5-9(2)19-8)17-13-7-10(16)6-12(15)14(13)18-3/h6-9,11,17H,4-5H2,1-3H3. The summed E-state index contributed by atoms with van der Waals surface area (Å²) >= 11 is 9.58. The van der Waals surface area contributed by atoms with Crippen LogP contribution in [0.3, 0.4) is 0 Å². The Morgan fingerprint density at radius 2 is 1.95 bits per heavy atom. The number of benzene rings is 1. The Balaban J connectivity index is 2.18. The quantitative estimate of drug-likeness (QED) is 0.873. The van der Waals surface area contributed by atoms with Crippen molar-refractivity contribution in [3.8, 4) is 5.75 Å². The number of methoxy groups -OCH3 is 1. The summed E-state index contributed by atoms with van der Waals surface area (Å²) in [5.74, 6) is 0.788. The number of anilines is 1. The predicted molar refractivity (Wildman–Crippen MR) is 82.4 cm³/mol. The van der Waals surface area contributed by atoms with Gasteiger partial charge in [-0.25, -0.2) is 0 Å². The van der Waals surface area contributed by atoms with Crippen LogP contribution in [0.2, 0.25) is 5.02 Å². The van der Waals surface area contributed by atoms with Gasteiger partial charge in [-0.1, -0.05) is 11.6 Å². The van der Waals surface area contributed by atoms with E-state index in [9.17, 15) is 0 Å². The van der Waals surface area contributed by atoms with Crippen LogP contribution < -0.4 is 10.1 Å². The second-order valence-electron chi connectivity index (χ2n) is 5.04. The zero-order chi connectivity index (χ0) is 14.0. The van der Waals surface area contributed by atoms with E-state index in [0.29, 0.717) is 11.1 Å². The normalized spacial score (nSPS) is 27.1. The van der Waals surface area contributed by atoms with E-state index in [-0.39, 0.29) is 12.2 Å². The van der Waals surface area contributed by atoms with Crippen LogP contribution in [-0.4, -0.2) is 25.4 Å². The van der Waals surface area contributed by atoms with Crippen LogP contribution in [0.1, 0.15) is 26.7 Å². The van der Waals surface area contributed by atoms with Gasteiger partial charge in [0.05, 0.1) is 29.5 Å². The SMILES string of the molecule is COc1c(Br)cc(Cl)cc1NC1CC(C)OC(C)C1. The van der Waals surface area contributed by atoms with Gasteiger partial charge in [0, 0.05) is 11.1 Å². The second kappa shape index (κ2) is 6.33. The minimum Gasteiger partial charge on any atom is -0.493 e. The smallest absolute Gasteiger partial charge is 0.156 e. The molecule has 3 nitrogen and oxygen atoms in total. The lowest BCUT2D eigenvalue weighted by atomic mass is 9.99. The first-order valence-corrected chi connectivity index (χ1v) is 7.61. The molecule has 0 bridgehead atoms. The minimum absolute atomic E-state index is 0.273. The summed E-state index contributed by atoms with van der Waals surface area (Å²) in [7, 11) is 1.66. The molecule has 2 atom stereocenters. The maximum atomic E-state index is 6.10. The summed E-state index contributed by atoms with van der Waals surface area (Å²) in [6, 6.07) is 4.11. The number of halogens is 2. The van der Waals surface area contributed by atoms with Crippen molar-refractivity contribution < 1.29 is 9.47 Å². The summed E-state index contributed by atoms with van der Waals surface area (Å²) in [5, 5.41) is 4.21. The number of nitrogens with one attached hydrogen (secondary N) is 1. The van der Waals surface area contributed by atoms with E-state index in [2.05, 4.69) is 35.1 Å². The van der Waals surface area contributed by atoms with Gasteiger partial charge in [0.1, 0.15) is 0 Å². The fourth-order valence-corrected chi connectivity index (χ4v) is 3.59. The van der Waals surface area contributed by atoms with Gasteiger partial charge in [-0.15, -0.1) is 0 Å². The maximum Gasteiger partial charge on any atom is 0.156 e. The summed E-state index contributed by atoms with van der Waals surface area (Å²) < 4.78 is 12.0. The molecule has 1 heterocycles. The van der Waals surface area contributed by atoms with E-state index in [1.165, 1.54) is 0 Å². The monoisotopic (exact) mass is 347 g/mol. The molecule has 2 unspecified atom stereocenters. The fourth-order valence-electron chi connectivity index (χ4n) is 2.62. The van der Waals surface area contributed by atoms with Gasteiger partial charge in [-0.05, 0) is 54.8 Å². The van der Waals surface area contributed by atoms with Crippen molar-refractivity contribution in [2.75, 3.05) is 12.4 Å². The van der Waals surface area contributed by atoms with E-state index >= 15 is 0 Å². The lowest BCUT2D eigenvalue weighted by Gasteiger charge is -2.33. The fraction of sp³-hybridized carbons (Fsp3) is 0.571. The van der Waals surface area contributed by atoms with Gasteiger partial charge in [0.2, 0.25) is 0 Å². The van der Waals surface area contributed by atoms with Crippen LogP contribution in [0.4, 0.5) is 5.69 Å². The highest BCUT2D eigenvalue weighted by Gasteiger charge is 2.25. The number of rotatable bonds is 3. The van der Waals surface area contributed by atoms with E-state index in [1.807, 2.05) is 12.1 Å². The van der Waals surface area contributed by atoms with Crippen LogP contribution in [0, 0.1) is 0 Å². The molecule has 19 heavy (non-hydrogen) atoms. The van der Waals surface area contributed by atoms with Gasteiger partial charge in [0.15, 0.2) is 5.75 Å². The van der Waals surface area contributed by atoms with Crippen LogP contribution in [0.25, 0.3) is 0 Å². The van der Waals surface area contributed by atoms with Gasteiger partial charge in [0.25, 0.3) is 0 Å². The molecule has 2 rings (SSSR count). The molecule has 1 aliphatic rings. The molecule has 106 valence electrons. The van der Waals surface area contributed by atoms with Crippen molar-refractivity contribution in [3.05, 3.63) is 21.6 Å². The zero-order valence-corrected chi connectivity index (χ0v) is 13.7. The van der Waals surface area contributed by atoms with Gasteiger partial charge in [-0.3, -0.25) is 0 Å². The third-order valence-electron chi connectivity index (χ3n) is 3.27. The molecule has 1 fully saturated rings. The largest absolute Gasteiger partial charge is 0.493 e. The van der Waals surface area contributed by atoms with Crippen LogP contribution in [0.15, 0.2) is 16.6 Å². The average molecular weight is 349 g/mol. The molecule has 0 saturated carbocycles. The summed E-state index contributed by atoms with van der Waals surface area (Å²) in [6.07, 6.45) is 2.51.